The van der Waals surface area contributed by atoms with Crippen LogP contribution in [0, 0.1) is 17.8 Å². The minimum atomic E-state index is -0.145. The van der Waals surface area contributed by atoms with E-state index in [0.717, 1.165) is 50.9 Å². The number of rotatable bonds is 3. The van der Waals surface area contributed by atoms with Crippen LogP contribution in [-0.2, 0) is 4.79 Å². The monoisotopic (exact) mass is 278 g/mol. The highest BCUT2D eigenvalue weighted by atomic mass is 16.3. The summed E-state index contributed by atoms with van der Waals surface area (Å²) in [5, 5.41) is 9.57. The molecule has 4 nitrogen and oxygen atoms in total. The van der Waals surface area contributed by atoms with E-state index < -0.39 is 0 Å². The molecule has 1 amide bonds. The van der Waals surface area contributed by atoms with Gasteiger partial charge in [-0.05, 0) is 43.4 Å². The summed E-state index contributed by atoms with van der Waals surface area (Å²) >= 11 is 0. The number of hydrogen-bond donors (Lipinski definition) is 1. The molecule has 2 aliphatic carbocycles. The fourth-order valence-corrected chi connectivity index (χ4v) is 4.97. The minimum absolute atomic E-state index is 0.145. The lowest BCUT2D eigenvalue weighted by Crippen LogP contribution is -2.60. The molecule has 2 saturated carbocycles. The Balaban J connectivity index is 1.23. The molecule has 4 atom stereocenters. The smallest absolute Gasteiger partial charge is 0.222 e. The number of hydrogen-bond acceptors (Lipinski definition) is 3. The lowest BCUT2D eigenvalue weighted by molar-refractivity contribution is -0.139. The molecule has 2 saturated heterocycles. The van der Waals surface area contributed by atoms with Crippen LogP contribution in [0.1, 0.15) is 38.5 Å². The van der Waals surface area contributed by atoms with Gasteiger partial charge in [0.1, 0.15) is 0 Å². The van der Waals surface area contributed by atoms with E-state index in [9.17, 15) is 9.90 Å². The van der Waals surface area contributed by atoms with Crippen LogP contribution in [0.4, 0.5) is 0 Å². The molecule has 112 valence electrons. The summed E-state index contributed by atoms with van der Waals surface area (Å²) in [6.45, 7) is 3.60. The zero-order valence-electron chi connectivity index (χ0n) is 12.2. The highest BCUT2D eigenvalue weighted by Crippen LogP contribution is 2.49. The highest BCUT2D eigenvalue weighted by Gasteiger charge is 2.42. The Kier molecular flexibility index (Phi) is 3.26. The zero-order chi connectivity index (χ0) is 13.7. The summed E-state index contributed by atoms with van der Waals surface area (Å²) < 4.78 is 0. The van der Waals surface area contributed by atoms with Gasteiger partial charge in [0.2, 0.25) is 5.91 Å². The van der Waals surface area contributed by atoms with Crippen LogP contribution in [-0.4, -0.2) is 59.1 Å². The average molecular weight is 278 g/mol. The molecule has 2 aliphatic heterocycles. The molecule has 0 aromatic rings. The van der Waals surface area contributed by atoms with Crippen LogP contribution in [0.15, 0.2) is 0 Å². The molecule has 0 spiro atoms. The molecule has 3 unspecified atom stereocenters. The van der Waals surface area contributed by atoms with Crippen LogP contribution in [0.5, 0.6) is 0 Å². The van der Waals surface area contributed by atoms with Crippen molar-refractivity contribution in [3.63, 3.8) is 0 Å². The molecular formula is C16H26N2O2. The van der Waals surface area contributed by atoms with Gasteiger partial charge in [-0.1, -0.05) is 6.42 Å². The zero-order valence-corrected chi connectivity index (χ0v) is 12.2. The van der Waals surface area contributed by atoms with E-state index in [1.165, 1.54) is 25.7 Å². The number of amides is 1. The number of likely N-dealkylation sites (tertiary alicyclic amines) is 2. The predicted octanol–water partition coefficient (Wildman–Crippen LogP) is 1.09. The van der Waals surface area contributed by atoms with Gasteiger partial charge < -0.3 is 10.0 Å². The van der Waals surface area contributed by atoms with Gasteiger partial charge in [-0.3, -0.25) is 9.69 Å². The highest BCUT2D eigenvalue weighted by molar-refractivity contribution is 5.77. The lowest BCUT2D eigenvalue weighted by Gasteiger charge is -2.44. The Morgan fingerprint density at radius 3 is 2.55 bits per heavy atom. The topological polar surface area (TPSA) is 43.8 Å². The predicted molar refractivity (Wildman–Crippen MR) is 76.1 cm³/mol. The number of aliphatic hydroxyl groups excluding tert-OH is 1. The van der Waals surface area contributed by atoms with Crippen molar-refractivity contribution < 1.29 is 9.90 Å². The van der Waals surface area contributed by atoms with Crippen LogP contribution in [0.3, 0.4) is 0 Å². The van der Waals surface area contributed by atoms with Crippen molar-refractivity contribution in [3.05, 3.63) is 0 Å². The number of nitrogens with zero attached hydrogens (tertiary/aromatic N) is 2. The van der Waals surface area contributed by atoms with E-state index in [-0.39, 0.29) is 6.10 Å². The second-order valence-electron chi connectivity index (χ2n) is 7.53. The fourth-order valence-electron chi connectivity index (χ4n) is 4.97. The summed E-state index contributed by atoms with van der Waals surface area (Å²) in [6, 6.07) is 0.510. The third-order valence-corrected chi connectivity index (χ3v) is 6.25. The summed E-state index contributed by atoms with van der Waals surface area (Å²) in [7, 11) is 0. The van der Waals surface area contributed by atoms with Gasteiger partial charge in [0.05, 0.1) is 6.10 Å². The molecule has 0 aromatic heterocycles. The third-order valence-electron chi connectivity index (χ3n) is 6.25. The minimum Gasteiger partial charge on any atom is -0.392 e. The van der Waals surface area contributed by atoms with Crippen molar-refractivity contribution in [2.45, 2.75) is 50.7 Å². The number of carbonyl (C=O) groups excluding carboxylic acids is 1. The Morgan fingerprint density at radius 1 is 1.10 bits per heavy atom. The number of β-amino-alcohol motifs (C(OH)–C–C–N with tert-alkyl or cyclic N) is 1. The first-order valence-electron chi connectivity index (χ1n) is 8.39. The van der Waals surface area contributed by atoms with E-state index in [2.05, 4.69) is 4.90 Å². The third kappa shape index (κ3) is 2.27. The first-order chi connectivity index (χ1) is 9.69. The normalized spacial score (nSPS) is 41.4. The number of fused-ring (bicyclic) bond motifs is 2. The van der Waals surface area contributed by atoms with Gasteiger partial charge in [0.15, 0.2) is 0 Å². The molecular weight excluding hydrogens is 252 g/mol. The Morgan fingerprint density at radius 2 is 1.95 bits per heavy atom. The van der Waals surface area contributed by atoms with Crippen LogP contribution in [0.25, 0.3) is 0 Å². The first kappa shape index (κ1) is 13.1. The molecule has 0 aromatic carbocycles. The summed E-state index contributed by atoms with van der Waals surface area (Å²) in [5.41, 5.74) is 0. The van der Waals surface area contributed by atoms with Gasteiger partial charge in [-0.15, -0.1) is 0 Å². The number of aliphatic hydroxyl groups is 1. The van der Waals surface area contributed by atoms with Crippen molar-refractivity contribution in [2.75, 3.05) is 26.2 Å². The molecule has 4 fully saturated rings. The maximum Gasteiger partial charge on any atom is 0.222 e. The van der Waals surface area contributed by atoms with Crippen LogP contribution >= 0.6 is 0 Å². The maximum absolute atomic E-state index is 12.3. The summed E-state index contributed by atoms with van der Waals surface area (Å²) in [6.07, 6.45) is 7.05. The molecule has 4 aliphatic rings. The summed E-state index contributed by atoms with van der Waals surface area (Å²) in [4.78, 5) is 16.7. The Bertz CT molecular complexity index is 394. The molecule has 0 radical (unpaired) electrons. The number of carbonyl (C=O) groups is 1. The molecule has 1 N–H and O–H groups in total. The maximum atomic E-state index is 12.3. The first-order valence-corrected chi connectivity index (χ1v) is 8.39. The van der Waals surface area contributed by atoms with Gasteiger partial charge in [0.25, 0.3) is 0 Å². The summed E-state index contributed by atoms with van der Waals surface area (Å²) in [5.74, 6) is 2.87. The van der Waals surface area contributed by atoms with E-state index in [0.29, 0.717) is 17.9 Å². The molecule has 2 bridgehead atoms. The Hall–Kier alpha value is -0.610. The van der Waals surface area contributed by atoms with Gasteiger partial charge in [-0.2, -0.15) is 0 Å². The van der Waals surface area contributed by atoms with Crippen molar-refractivity contribution in [2.24, 2.45) is 17.8 Å². The second-order valence-corrected chi connectivity index (χ2v) is 7.53. The fraction of sp³-hybridized carbons (Fsp3) is 0.938. The molecule has 2 heterocycles. The van der Waals surface area contributed by atoms with Gasteiger partial charge in [0, 0.05) is 38.6 Å². The quantitative estimate of drug-likeness (QED) is 0.840. The Labute approximate surface area is 121 Å². The largest absolute Gasteiger partial charge is 0.392 e. The standard InChI is InChI=1S/C16H26N2O2/c19-15-3-4-17(10-15)14-8-18(9-14)16(20)7-13-6-11-1-2-12(13)5-11/h11-15,19H,1-10H2/t11?,12?,13?,15-/m1/s1. The van der Waals surface area contributed by atoms with Crippen molar-refractivity contribution in [1.82, 2.24) is 9.80 Å². The van der Waals surface area contributed by atoms with Crippen LogP contribution < -0.4 is 0 Å². The average Bonchev–Trinajstić information content (AvgIpc) is 3.04. The van der Waals surface area contributed by atoms with Crippen molar-refractivity contribution >= 4 is 5.91 Å². The van der Waals surface area contributed by atoms with Crippen molar-refractivity contribution in [1.29, 1.82) is 0 Å². The second kappa shape index (κ2) is 4.99. The van der Waals surface area contributed by atoms with E-state index in [4.69, 9.17) is 0 Å². The van der Waals surface area contributed by atoms with E-state index in [1.54, 1.807) is 0 Å². The molecule has 4 rings (SSSR count). The lowest BCUT2D eigenvalue weighted by atomic mass is 9.86. The van der Waals surface area contributed by atoms with E-state index >= 15 is 0 Å². The SMILES string of the molecule is O=C(CC1CC2CCC1C2)N1CC(N2CC[C@@H](O)C2)C1. The van der Waals surface area contributed by atoms with Gasteiger partial charge >= 0.3 is 0 Å². The molecule has 4 heteroatoms. The molecule has 20 heavy (non-hydrogen) atoms. The van der Waals surface area contributed by atoms with Gasteiger partial charge in [-0.25, -0.2) is 0 Å². The van der Waals surface area contributed by atoms with Crippen molar-refractivity contribution in [3.8, 4) is 0 Å². The van der Waals surface area contributed by atoms with E-state index in [1.807, 2.05) is 4.90 Å². The van der Waals surface area contributed by atoms with Crippen LogP contribution in [0.2, 0.25) is 0 Å².